The van der Waals surface area contributed by atoms with Crippen molar-refractivity contribution in [2.45, 2.75) is 41.4 Å². The summed E-state index contributed by atoms with van der Waals surface area (Å²) in [6.45, 7) is 3.37. The largest absolute Gasteiger partial charge is 0.485 e. The van der Waals surface area contributed by atoms with Gasteiger partial charge in [-0.2, -0.15) is 4.74 Å². The fourth-order valence-corrected chi connectivity index (χ4v) is 5.59. The van der Waals surface area contributed by atoms with Gasteiger partial charge in [0.2, 0.25) is 9.84 Å². The number of aromatic nitrogens is 1. The normalized spacial score (nSPS) is 19.8. The van der Waals surface area contributed by atoms with E-state index in [1.165, 1.54) is 36.4 Å². The minimum Gasteiger partial charge on any atom is -0.485 e. The van der Waals surface area contributed by atoms with E-state index in [-0.39, 0.29) is 15.2 Å². The van der Waals surface area contributed by atoms with Crippen LogP contribution in [-0.2, 0) is 9.84 Å². The van der Waals surface area contributed by atoms with Gasteiger partial charge in [0, 0.05) is 10.6 Å². The molecule has 0 amide bonds. The summed E-state index contributed by atoms with van der Waals surface area (Å²) in [5.41, 5.74) is -0.939. The maximum absolute atomic E-state index is 13.2. The molecule has 0 saturated heterocycles. The van der Waals surface area contributed by atoms with Gasteiger partial charge in [0.15, 0.2) is 5.58 Å². The van der Waals surface area contributed by atoms with Crippen molar-refractivity contribution in [1.82, 2.24) is 4.74 Å². The molecular formula is C24H20ClNO6S. The second-order valence-corrected chi connectivity index (χ2v) is 10.9. The van der Waals surface area contributed by atoms with Crippen molar-refractivity contribution in [3.63, 3.8) is 0 Å². The van der Waals surface area contributed by atoms with Crippen LogP contribution in [0.1, 0.15) is 25.5 Å². The van der Waals surface area contributed by atoms with Crippen molar-refractivity contribution in [1.29, 1.82) is 0 Å². The van der Waals surface area contributed by atoms with Crippen LogP contribution in [-0.4, -0.2) is 30.0 Å². The predicted octanol–water partition coefficient (Wildman–Crippen LogP) is 4.20. The molecule has 2 atom stereocenters. The highest BCUT2D eigenvalue weighted by Crippen LogP contribution is 2.43. The Bertz CT molecular complexity index is 1540. The zero-order valence-corrected chi connectivity index (χ0v) is 19.3. The molecule has 0 aliphatic carbocycles. The van der Waals surface area contributed by atoms with E-state index in [1.54, 1.807) is 44.2 Å². The number of hydrogen-bond acceptors (Lipinski definition) is 6. The van der Waals surface area contributed by atoms with E-state index in [2.05, 4.69) is 0 Å². The van der Waals surface area contributed by atoms with Crippen LogP contribution >= 0.6 is 11.6 Å². The van der Waals surface area contributed by atoms with Crippen LogP contribution in [0.4, 0.5) is 0 Å². The lowest BCUT2D eigenvalue weighted by atomic mass is 9.86. The summed E-state index contributed by atoms with van der Waals surface area (Å²) in [4.78, 5) is 13.3. The fraction of sp³-hybridized carbons (Fsp3) is 0.208. The van der Waals surface area contributed by atoms with Crippen LogP contribution in [0.5, 0.6) is 5.75 Å². The third-order valence-electron chi connectivity index (χ3n) is 5.87. The summed E-state index contributed by atoms with van der Waals surface area (Å²) in [7, 11) is -3.84. The van der Waals surface area contributed by atoms with E-state index in [0.29, 0.717) is 21.9 Å². The summed E-state index contributed by atoms with van der Waals surface area (Å²) in [6.07, 6.45) is -1.21. The number of hydrogen-bond donors (Lipinski definition) is 1. The van der Waals surface area contributed by atoms with Crippen molar-refractivity contribution in [2.75, 3.05) is 0 Å². The molecule has 33 heavy (non-hydrogen) atoms. The van der Waals surface area contributed by atoms with E-state index in [0.717, 1.165) is 4.74 Å². The lowest BCUT2D eigenvalue weighted by molar-refractivity contribution is -0.0765. The number of aliphatic hydroxyl groups is 1. The van der Waals surface area contributed by atoms with Crippen LogP contribution in [0, 0.1) is 0 Å². The average Bonchev–Trinajstić information content (AvgIpc) is 3.10. The van der Waals surface area contributed by atoms with Crippen molar-refractivity contribution >= 4 is 32.4 Å². The molecule has 5 rings (SSSR count). The Labute approximate surface area is 194 Å². The quantitative estimate of drug-likeness (QED) is 0.467. The van der Waals surface area contributed by atoms with Crippen LogP contribution < -0.4 is 10.3 Å². The Morgan fingerprint density at radius 1 is 1.00 bits per heavy atom. The van der Waals surface area contributed by atoms with Gasteiger partial charge in [0.1, 0.15) is 23.5 Å². The van der Waals surface area contributed by atoms with Crippen LogP contribution in [0.3, 0.4) is 0 Å². The molecule has 0 fully saturated rings. The second kappa shape index (κ2) is 7.48. The number of sulfone groups is 1. The Kier molecular flexibility index (Phi) is 4.93. The predicted molar refractivity (Wildman–Crippen MR) is 123 cm³/mol. The molecule has 0 saturated carbocycles. The first-order valence-electron chi connectivity index (χ1n) is 10.2. The van der Waals surface area contributed by atoms with Crippen LogP contribution in [0.15, 0.2) is 85.8 Å². The topological polar surface area (TPSA) is 98.7 Å². The van der Waals surface area contributed by atoms with Gasteiger partial charge < -0.3 is 14.4 Å². The first-order valence-corrected chi connectivity index (χ1v) is 12.1. The number of fused-ring (bicyclic) bond motifs is 2. The maximum atomic E-state index is 13.2. The van der Waals surface area contributed by atoms with E-state index >= 15 is 0 Å². The zero-order chi connectivity index (χ0) is 23.5. The molecule has 1 aliphatic heterocycles. The molecule has 7 nitrogen and oxygen atoms in total. The molecule has 3 aromatic carbocycles. The summed E-state index contributed by atoms with van der Waals surface area (Å²) in [5, 5.41) is 11.8. The average molecular weight is 486 g/mol. The standard InChI is InChI=1S/C24H20ClNO6S/c1-24(2)22(27)21(26-23(28)18-12-14(25)8-10-20(18)32-26)17-13-16(9-11-19(17)31-24)33(29,30)15-6-4-3-5-7-15/h3-13,21-22,27H,1-2H3/t21-,22+/m1/s1. The number of rotatable bonds is 3. The Morgan fingerprint density at radius 3 is 2.45 bits per heavy atom. The highest BCUT2D eigenvalue weighted by Gasteiger charge is 2.46. The highest BCUT2D eigenvalue weighted by atomic mass is 35.5. The van der Waals surface area contributed by atoms with Crippen molar-refractivity contribution < 1.29 is 22.8 Å². The molecule has 170 valence electrons. The van der Waals surface area contributed by atoms with Gasteiger partial charge in [0.05, 0.1) is 15.2 Å². The first kappa shape index (κ1) is 21.8. The third kappa shape index (κ3) is 3.45. The molecule has 0 bridgehead atoms. The summed E-state index contributed by atoms with van der Waals surface area (Å²) >= 11 is 6.04. The lowest BCUT2D eigenvalue weighted by Crippen LogP contribution is -2.51. The molecule has 0 spiro atoms. The SMILES string of the molecule is CC1(C)Oc2ccc(S(=O)(=O)c3ccccc3)cc2[C@@H](n2oc3ccc(Cl)cc3c2=O)[C@@H]1O. The van der Waals surface area contributed by atoms with Gasteiger partial charge in [-0.3, -0.25) is 4.79 Å². The maximum Gasteiger partial charge on any atom is 0.291 e. The van der Waals surface area contributed by atoms with Crippen LogP contribution in [0.25, 0.3) is 11.0 Å². The van der Waals surface area contributed by atoms with E-state index in [9.17, 15) is 18.3 Å². The fourth-order valence-electron chi connectivity index (χ4n) is 4.10. The van der Waals surface area contributed by atoms with E-state index in [1.807, 2.05) is 0 Å². The minimum atomic E-state index is -3.84. The Balaban J connectivity index is 1.73. The molecule has 1 aliphatic rings. The van der Waals surface area contributed by atoms with Gasteiger partial charge in [-0.1, -0.05) is 29.8 Å². The van der Waals surface area contributed by atoms with E-state index in [4.69, 9.17) is 20.9 Å². The van der Waals surface area contributed by atoms with Gasteiger partial charge in [-0.15, -0.1) is 0 Å². The van der Waals surface area contributed by atoms with Gasteiger partial charge in [0.25, 0.3) is 5.56 Å². The van der Waals surface area contributed by atoms with Gasteiger partial charge in [-0.05, 0) is 62.4 Å². The minimum absolute atomic E-state index is 0.0140. The van der Waals surface area contributed by atoms with Gasteiger partial charge >= 0.3 is 0 Å². The van der Waals surface area contributed by atoms with Crippen molar-refractivity contribution in [2.24, 2.45) is 0 Å². The molecule has 1 aromatic heterocycles. The molecule has 1 N–H and O–H groups in total. The molecule has 2 heterocycles. The summed E-state index contributed by atoms with van der Waals surface area (Å²) in [5.74, 6) is 0.354. The molecule has 0 unspecified atom stereocenters. The number of nitrogens with zero attached hydrogens (tertiary/aromatic N) is 1. The number of benzene rings is 3. The van der Waals surface area contributed by atoms with Gasteiger partial charge in [-0.25, -0.2) is 8.42 Å². The Hall–Kier alpha value is -3.07. The summed E-state index contributed by atoms with van der Waals surface area (Å²) in [6, 6.07) is 16.1. The molecule has 0 radical (unpaired) electrons. The number of aliphatic hydroxyl groups excluding tert-OH is 1. The van der Waals surface area contributed by atoms with E-state index < -0.39 is 33.1 Å². The van der Waals surface area contributed by atoms with Crippen molar-refractivity contribution in [3.8, 4) is 5.75 Å². The number of ether oxygens (including phenoxy) is 1. The van der Waals surface area contributed by atoms with Crippen molar-refractivity contribution in [3.05, 3.63) is 87.7 Å². The monoisotopic (exact) mass is 485 g/mol. The first-order chi connectivity index (χ1) is 15.6. The molecular weight excluding hydrogens is 466 g/mol. The summed E-state index contributed by atoms with van der Waals surface area (Å²) < 4.78 is 39.2. The zero-order valence-electron chi connectivity index (χ0n) is 17.7. The molecule has 9 heteroatoms. The Morgan fingerprint density at radius 2 is 1.73 bits per heavy atom. The molecule has 4 aromatic rings. The smallest absolute Gasteiger partial charge is 0.291 e. The van der Waals surface area contributed by atoms with Crippen LogP contribution in [0.2, 0.25) is 5.02 Å². The third-order valence-corrected chi connectivity index (χ3v) is 7.87. The lowest BCUT2D eigenvalue weighted by Gasteiger charge is -2.41. The number of halogens is 1. The highest BCUT2D eigenvalue weighted by molar-refractivity contribution is 7.91. The second-order valence-electron chi connectivity index (χ2n) is 8.47.